The SMILES string of the molecule is C/C(=C\CCC(C)CCOC1CCCCO1)CCC(=O)C#C[Si](C)(C)C. The molecule has 0 spiro atoms. The molecule has 1 heterocycles. The fraction of sp³-hybridized carbons (Fsp3) is 0.773. The molecule has 0 N–H and O–H groups in total. The van der Waals surface area contributed by atoms with Gasteiger partial charge in [-0.05, 0) is 63.7 Å². The van der Waals surface area contributed by atoms with E-state index in [2.05, 4.69) is 51.0 Å². The van der Waals surface area contributed by atoms with Crippen LogP contribution >= 0.6 is 0 Å². The molecule has 0 aromatic carbocycles. The van der Waals surface area contributed by atoms with Gasteiger partial charge in [-0.1, -0.05) is 38.2 Å². The van der Waals surface area contributed by atoms with E-state index in [1.54, 1.807) is 0 Å². The summed E-state index contributed by atoms with van der Waals surface area (Å²) < 4.78 is 11.4. The summed E-state index contributed by atoms with van der Waals surface area (Å²) in [4.78, 5) is 11.8. The molecule has 0 bridgehead atoms. The van der Waals surface area contributed by atoms with Gasteiger partial charge >= 0.3 is 0 Å². The highest BCUT2D eigenvalue weighted by molar-refractivity contribution is 6.84. The van der Waals surface area contributed by atoms with E-state index in [0.717, 1.165) is 45.3 Å². The fourth-order valence-electron chi connectivity index (χ4n) is 2.73. The van der Waals surface area contributed by atoms with E-state index >= 15 is 0 Å². The summed E-state index contributed by atoms with van der Waals surface area (Å²) in [6, 6.07) is 0. The molecule has 3 nitrogen and oxygen atoms in total. The molecule has 2 atom stereocenters. The van der Waals surface area contributed by atoms with Crippen molar-refractivity contribution < 1.29 is 14.3 Å². The molecular weight excluding hydrogens is 340 g/mol. The Labute approximate surface area is 161 Å². The van der Waals surface area contributed by atoms with Crippen molar-refractivity contribution in [3.8, 4) is 11.5 Å². The zero-order valence-electron chi connectivity index (χ0n) is 17.5. The standard InChI is InChI=1S/C22H38O3Si/c1-19(12-13-21(23)15-18-26(3,4)5)9-8-10-20(2)14-17-25-22-11-6-7-16-24-22/h9,20,22H,6-8,10-14,16-17H2,1-5H3/b19-9+. The molecule has 0 saturated carbocycles. The van der Waals surface area contributed by atoms with Gasteiger partial charge in [0.1, 0.15) is 8.07 Å². The quantitative estimate of drug-likeness (QED) is 0.285. The maximum absolute atomic E-state index is 11.8. The number of Topliss-reactive ketones (excluding diaryl/α,β-unsaturated/α-hetero) is 1. The van der Waals surface area contributed by atoms with E-state index in [1.165, 1.54) is 18.4 Å². The van der Waals surface area contributed by atoms with Gasteiger partial charge in [-0.2, -0.15) is 0 Å². The van der Waals surface area contributed by atoms with E-state index in [1.807, 2.05) is 0 Å². The Morgan fingerprint density at radius 2 is 2.04 bits per heavy atom. The number of allylic oxidation sites excluding steroid dienone is 2. The smallest absolute Gasteiger partial charge is 0.205 e. The minimum Gasteiger partial charge on any atom is -0.353 e. The number of hydrogen-bond acceptors (Lipinski definition) is 3. The van der Waals surface area contributed by atoms with Crippen LogP contribution in [0.3, 0.4) is 0 Å². The lowest BCUT2D eigenvalue weighted by molar-refractivity contribution is -0.163. The van der Waals surface area contributed by atoms with Gasteiger partial charge in [-0.25, -0.2) is 0 Å². The van der Waals surface area contributed by atoms with Gasteiger partial charge in [-0.3, -0.25) is 4.79 Å². The largest absolute Gasteiger partial charge is 0.353 e. The Bertz CT molecular complexity index is 502. The first-order chi connectivity index (χ1) is 12.3. The molecule has 2 unspecified atom stereocenters. The maximum atomic E-state index is 11.8. The first kappa shape index (κ1) is 23.1. The highest BCUT2D eigenvalue weighted by Gasteiger charge is 2.14. The first-order valence-corrected chi connectivity index (χ1v) is 13.7. The number of ketones is 1. The van der Waals surface area contributed by atoms with Gasteiger partial charge < -0.3 is 9.47 Å². The van der Waals surface area contributed by atoms with Crippen LogP contribution in [0.25, 0.3) is 0 Å². The monoisotopic (exact) mass is 378 g/mol. The zero-order chi connectivity index (χ0) is 19.4. The lowest BCUT2D eigenvalue weighted by Crippen LogP contribution is -2.23. The highest BCUT2D eigenvalue weighted by Crippen LogP contribution is 2.17. The molecule has 1 fully saturated rings. The second-order valence-corrected chi connectivity index (χ2v) is 13.4. The van der Waals surface area contributed by atoms with E-state index in [9.17, 15) is 4.79 Å². The molecule has 4 heteroatoms. The van der Waals surface area contributed by atoms with Crippen LogP contribution in [-0.2, 0) is 14.3 Å². The second-order valence-electron chi connectivity index (χ2n) is 8.61. The van der Waals surface area contributed by atoms with Crippen molar-refractivity contribution in [2.24, 2.45) is 5.92 Å². The topological polar surface area (TPSA) is 35.5 Å². The van der Waals surface area contributed by atoms with Crippen LogP contribution in [0, 0.1) is 17.4 Å². The van der Waals surface area contributed by atoms with E-state index in [-0.39, 0.29) is 12.1 Å². The van der Waals surface area contributed by atoms with Crippen LogP contribution in [0.5, 0.6) is 0 Å². The zero-order valence-corrected chi connectivity index (χ0v) is 18.5. The molecule has 148 valence electrons. The third kappa shape index (κ3) is 12.5. The van der Waals surface area contributed by atoms with Crippen molar-refractivity contribution >= 4 is 13.9 Å². The Kier molecular flexibility index (Phi) is 11.1. The lowest BCUT2D eigenvalue weighted by Gasteiger charge is -2.23. The molecule has 1 aliphatic rings. The van der Waals surface area contributed by atoms with Gasteiger partial charge in [-0.15, -0.1) is 5.54 Å². The van der Waals surface area contributed by atoms with Gasteiger partial charge in [0, 0.05) is 19.6 Å². The van der Waals surface area contributed by atoms with Crippen molar-refractivity contribution in [2.45, 2.75) is 91.1 Å². The van der Waals surface area contributed by atoms with Crippen LogP contribution in [0.15, 0.2) is 11.6 Å². The minimum atomic E-state index is -1.45. The van der Waals surface area contributed by atoms with Crippen molar-refractivity contribution in [1.82, 2.24) is 0 Å². The van der Waals surface area contributed by atoms with Crippen molar-refractivity contribution in [3.63, 3.8) is 0 Å². The molecule has 0 aliphatic carbocycles. The molecule has 1 aliphatic heterocycles. The normalized spacial score (nSPS) is 19.6. The number of carbonyl (C=O) groups excluding carboxylic acids is 1. The van der Waals surface area contributed by atoms with Crippen LogP contribution in [0.1, 0.15) is 65.2 Å². The third-order valence-corrected chi connectivity index (χ3v) is 5.40. The van der Waals surface area contributed by atoms with Gasteiger partial charge in [0.25, 0.3) is 0 Å². The number of carbonyl (C=O) groups is 1. The average molecular weight is 379 g/mol. The summed E-state index contributed by atoms with van der Waals surface area (Å²) in [5.74, 6) is 3.55. The fourth-order valence-corrected chi connectivity index (χ4v) is 3.25. The summed E-state index contributed by atoms with van der Waals surface area (Å²) in [6.45, 7) is 12.5. The number of hydrogen-bond donors (Lipinski definition) is 0. The minimum absolute atomic E-state index is 0.0275. The Morgan fingerprint density at radius 1 is 1.27 bits per heavy atom. The first-order valence-electron chi connectivity index (χ1n) is 10.2. The van der Waals surface area contributed by atoms with Gasteiger partial charge in [0.15, 0.2) is 6.29 Å². The molecule has 0 amide bonds. The maximum Gasteiger partial charge on any atom is 0.205 e. The van der Waals surface area contributed by atoms with Crippen LogP contribution < -0.4 is 0 Å². The molecule has 0 aromatic heterocycles. The van der Waals surface area contributed by atoms with Crippen LogP contribution in [-0.4, -0.2) is 33.4 Å². The highest BCUT2D eigenvalue weighted by atomic mass is 28.3. The average Bonchev–Trinajstić information content (AvgIpc) is 2.58. The predicted molar refractivity (Wildman–Crippen MR) is 112 cm³/mol. The molecule has 26 heavy (non-hydrogen) atoms. The Balaban J connectivity index is 2.13. The Hall–Kier alpha value is -0.893. The summed E-state index contributed by atoms with van der Waals surface area (Å²) >= 11 is 0. The van der Waals surface area contributed by atoms with E-state index in [4.69, 9.17) is 9.47 Å². The van der Waals surface area contributed by atoms with Crippen molar-refractivity contribution in [2.75, 3.05) is 13.2 Å². The summed E-state index contributed by atoms with van der Waals surface area (Å²) in [7, 11) is -1.45. The summed E-state index contributed by atoms with van der Waals surface area (Å²) in [6.07, 6.45) is 10.4. The van der Waals surface area contributed by atoms with Gasteiger partial charge in [0.2, 0.25) is 5.78 Å². The summed E-state index contributed by atoms with van der Waals surface area (Å²) in [5.41, 5.74) is 4.44. The van der Waals surface area contributed by atoms with Crippen LogP contribution in [0.2, 0.25) is 19.6 Å². The molecule has 1 rings (SSSR count). The van der Waals surface area contributed by atoms with E-state index in [0.29, 0.717) is 12.3 Å². The lowest BCUT2D eigenvalue weighted by atomic mass is 10.0. The van der Waals surface area contributed by atoms with E-state index < -0.39 is 8.07 Å². The van der Waals surface area contributed by atoms with Gasteiger partial charge in [0.05, 0.1) is 0 Å². The summed E-state index contributed by atoms with van der Waals surface area (Å²) in [5, 5.41) is 0. The predicted octanol–water partition coefficient (Wildman–Crippen LogP) is 5.51. The Morgan fingerprint density at radius 3 is 2.69 bits per heavy atom. The molecule has 0 radical (unpaired) electrons. The molecule has 1 saturated heterocycles. The molecular formula is C22H38O3Si. The van der Waals surface area contributed by atoms with Crippen LogP contribution in [0.4, 0.5) is 0 Å². The second kappa shape index (κ2) is 12.5. The molecule has 0 aromatic rings. The van der Waals surface area contributed by atoms with Crippen molar-refractivity contribution in [3.05, 3.63) is 11.6 Å². The number of ether oxygens (including phenoxy) is 2. The number of rotatable bonds is 10. The third-order valence-electron chi connectivity index (χ3n) is 4.53. The van der Waals surface area contributed by atoms with Crippen molar-refractivity contribution in [1.29, 1.82) is 0 Å².